The van der Waals surface area contributed by atoms with Gasteiger partial charge in [0.15, 0.2) is 0 Å². The van der Waals surface area contributed by atoms with Gasteiger partial charge in [-0.25, -0.2) is 0 Å². The van der Waals surface area contributed by atoms with Gasteiger partial charge in [-0.1, -0.05) is 33.6 Å². The largest absolute Gasteiger partial charge is 0.399 e. The molecular formula is C13H10BrClN2O. The van der Waals surface area contributed by atoms with Crippen LogP contribution in [0.1, 0.15) is 10.4 Å². The number of benzene rings is 2. The normalized spacial score (nSPS) is 10.1. The number of nitrogens with one attached hydrogen (secondary N) is 1. The first kappa shape index (κ1) is 12.9. The first-order valence-electron chi connectivity index (χ1n) is 5.18. The first-order valence-corrected chi connectivity index (χ1v) is 6.35. The number of carbonyl (C=O) groups is 1. The standard InChI is InChI=1S/C13H10BrClN2O/c14-8-2-1-3-10(6-8)17-13(18)11-5-4-9(16)7-12(11)15/h1-7H,16H2,(H,17,18). The summed E-state index contributed by atoms with van der Waals surface area (Å²) in [5.41, 5.74) is 7.20. The highest BCUT2D eigenvalue weighted by atomic mass is 79.9. The molecule has 0 aliphatic carbocycles. The van der Waals surface area contributed by atoms with Gasteiger partial charge >= 0.3 is 0 Å². The number of nitrogen functional groups attached to an aromatic ring is 1. The summed E-state index contributed by atoms with van der Waals surface area (Å²) in [4.78, 5) is 12.0. The molecule has 0 unspecified atom stereocenters. The number of hydrogen-bond acceptors (Lipinski definition) is 2. The third-order valence-electron chi connectivity index (χ3n) is 2.32. The van der Waals surface area contributed by atoms with Crippen molar-refractivity contribution >= 4 is 44.8 Å². The summed E-state index contributed by atoms with van der Waals surface area (Å²) in [6.45, 7) is 0. The van der Waals surface area contributed by atoms with Crippen LogP contribution >= 0.6 is 27.5 Å². The smallest absolute Gasteiger partial charge is 0.257 e. The Labute approximate surface area is 118 Å². The summed E-state index contributed by atoms with van der Waals surface area (Å²) in [6.07, 6.45) is 0. The van der Waals surface area contributed by atoms with Crippen molar-refractivity contribution in [3.63, 3.8) is 0 Å². The molecule has 0 spiro atoms. The van der Waals surface area contributed by atoms with Gasteiger partial charge in [-0.05, 0) is 36.4 Å². The van der Waals surface area contributed by atoms with E-state index in [1.54, 1.807) is 24.3 Å². The van der Waals surface area contributed by atoms with Gasteiger partial charge < -0.3 is 11.1 Å². The molecule has 0 bridgehead atoms. The molecule has 2 aromatic rings. The van der Waals surface area contributed by atoms with Gasteiger partial charge in [0.2, 0.25) is 0 Å². The molecule has 2 rings (SSSR count). The molecule has 0 fully saturated rings. The van der Waals surface area contributed by atoms with Gasteiger partial charge in [-0.15, -0.1) is 0 Å². The number of rotatable bonds is 2. The van der Waals surface area contributed by atoms with Crippen LogP contribution in [-0.2, 0) is 0 Å². The molecule has 0 radical (unpaired) electrons. The fourth-order valence-electron chi connectivity index (χ4n) is 1.48. The quantitative estimate of drug-likeness (QED) is 0.822. The lowest BCUT2D eigenvalue weighted by Gasteiger charge is -2.07. The lowest BCUT2D eigenvalue weighted by molar-refractivity contribution is 0.102. The summed E-state index contributed by atoms with van der Waals surface area (Å²) < 4.78 is 0.892. The number of hydrogen-bond donors (Lipinski definition) is 2. The van der Waals surface area contributed by atoms with Gasteiger partial charge in [0.05, 0.1) is 10.6 Å². The molecule has 5 heteroatoms. The summed E-state index contributed by atoms with van der Waals surface area (Å²) in [7, 11) is 0. The van der Waals surface area contributed by atoms with E-state index in [-0.39, 0.29) is 5.91 Å². The maximum Gasteiger partial charge on any atom is 0.257 e. The second-order valence-corrected chi connectivity index (χ2v) is 5.03. The van der Waals surface area contributed by atoms with E-state index >= 15 is 0 Å². The maximum atomic E-state index is 12.0. The Hall–Kier alpha value is -1.52. The second-order valence-electron chi connectivity index (χ2n) is 3.70. The second kappa shape index (κ2) is 5.42. The topological polar surface area (TPSA) is 55.1 Å². The monoisotopic (exact) mass is 324 g/mol. The molecule has 3 nitrogen and oxygen atoms in total. The van der Waals surface area contributed by atoms with Crippen LogP contribution in [0.15, 0.2) is 46.9 Å². The number of anilines is 2. The Morgan fingerprint density at radius 2 is 2.00 bits per heavy atom. The van der Waals surface area contributed by atoms with Crippen LogP contribution in [0.4, 0.5) is 11.4 Å². The predicted molar refractivity (Wildman–Crippen MR) is 78.0 cm³/mol. The molecule has 1 amide bonds. The van der Waals surface area contributed by atoms with Crippen LogP contribution < -0.4 is 11.1 Å². The third kappa shape index (κ3) is 3.03. The van der Waals surface area contributed by atoms with Crippen LogP contribution in [0.5, 0.6) is 0 Å². The van der Waals surface area contributed by atoms with E-state index in [1.807, 2.05) is 18.2 Å². The predicted octanol–water partition coefficient (Wildman–Crippen LogP) is 3.94. The highest BCUT2D eigenvalue weighted by Gasteiger charge is 2.10. The summed E-state index contributed by atoms with van der Waals surface area (Å²) >= 11 is 9.31. The molecule has 18 heavy (non-hydrogen) atoms. The zero-order valence-electron chi connectivity index (χ0n) is 9.28. The van der Waals surface area contributed by atoms with Crippen LogP contribution in [0, 0.1) is 0 Å². The SMILES string of the molecule is Nc1ccc(C(=O)Nc2cccc(Br)c2)c(Cl)c1. The number of amides is 1. The highest BCUT2D eigenvalue weighted by Crippen LogP contribution is 2.21. The van der Waals surface area contributed by atoms with Gasteiger partial charge in [-0.2, -0.15) is 0 Å². The molecule has 0 heterocycles. The fourth-order valence-corrected chi connectivity index (χ4v) is 2.15. The van der Waals surface area contributed by atoms with Crippen molar-refractivity contribution in [2.45, 2.75) is 0 Å². The molecule has 0 aromatic heterocycles. The Morgan fingerprint density at radius 1 is 1.22 bits per heavy atom. The lowest BCUT2D eigenvalue weighted by atomic mass is 10.2. The zero-order valence-corrected chi connectivity index (χ0v) is 11.6. The van der Waals surface area contributed by atoms with E-state index in [9.17, 15) is 4.79 Å². The maximum absolute atomic E-state index is 12.0. The van der Waals surface area contributed by atoms with E-state index in [2.05, 4.69) is 21.2 Å². The van der Waals surface area contributed by atoms with Crippen LogP contribution in [0.2, 0.25) is 5.02 Å². The third-order valence-corrected chi connectivity index (χ3v) is 3.13. The summed E-state index contributed by atoms with van der Waals surface area (Å²) in [5, 5.41) is 3.10. The number of carbonyl (C=O) groups excluding carboxylic acids is 1. The molecule has 92 valence electrons. The van der Waals surface area contributed by atoms with Crippen LogP contribution in [0.3, 0.4) is 0 Å². The van der Waals surface area contributed by atoms with Crippen molar-refractivity contribution in [1.82, 2.24) is 0 Å². The fraction of sp³-hybridized carbons (Fsp3) is 0. The van der Waals surface area contributed by atoms with Crippen molar-refractivity contribution in [3.8, 4) is 0 Å². The summed E-state index contributed by atoms with van der Waals surface area (Å²) in [6, 6.07) is 12.1. The number of nitrogens with two attached hydrogens (primary N) is 1. The number of halogens is 2. The minimum absolute atomic E-state index is 0.266. The van der Waals surface area contributed by atoms with E-state index in [4.69, 9.17) is 17.3 Å². The molecule has 0 aliphatic rings. The van der Waals surface area contributed by atoms with Crippen LogP contribution in [-0.4, -0.2) is 5.91 Å². The van der Waals surface area contributed by atoms with E-state index < -0.39 is 0 Å². The van der Waals surface area contributed by atoms with Crippen molar-refractivity contribution in [1.29, 1.82) is 0 Å². The summed E-state index contributed by atoms with van der Waals surface area (Å²) in [5.74, 6) is -0.266. The van der Waals surface area contributed by atoms with Crippen LogP contribution in [0.25, 0.3) is 0 Å². The Bertz CT molecular complexity index is 601. The van der Waals surface area contributed by atoms with Crippen molar-refractivity contribution in [2.75, 3.05) is 11.1 Å². The van der Waals surface area contributed by atoms with Crippen molar-refractivity contribution in [2.24, 2.45) is 0 Å². The van der Waals surface area contributed by atoms with Crippen molar-refractivity contribution in [3.05, 3.63) is 57.5 Å². The Balaban J connectivity index is 2.22. The first-order chi connectivity index (χ1) is 8.56. The molecule has 2 aromatic carbocycles. The van der Waals surface area contributed by atoms with Gasteiger partial charge in [0.1, 0.15) is 0 Å². The average Bonchev–Trinajstić information content (AvgIpc) is 2.28. The van der Waals surface area contributed by atoms with Gasteiger partial charge in [-0.3, -0.25) is 4.79 Å². The minimum Gasteiger partial charge on any atom is -0.399 e. The van der Waals surface area contributed by atoms with E-state index in [0.29, 0.717) is 22.0 Å². The Kier molecular flexibility index (Phi) is 3.89. The molecule has 0 aliphatic heterocycles. The average molecular weight is 326 g/mol. The minimum atomic E-state index is -0.266. The zero-order chi connectivity index (χ0) is 13.1. The molecule has 0 atom stereocenters. The molecule has 3 N–H and O–H groups in total. The Morgan fingerprint density at radius 3 is 2.67 bits per heavy atom. The van der Waals surface area contributed by atoms with Gasteiger partial charge in [0, 0.05) is 15.8 Å². The molecule has 0 saturated heterocycles. The van der Waals surface area contributed by atoms with Crippen molar-refractivity contribution < 1.29 is 4.79 Å². The molecular weight excluding hydrogens is 316 g/mol. The highest BCUT2D eigenvalue weighted by molar-refractivity contribution is 9.10. The molecule has 0 saturated carbocycles. The van der Waals surface area contributed by atoms with E-state index in [1.165, 1.54) is 0 Å². The van der Waals surface area contributed by atoms with Gasteiger partial charge in [0.25, 0.3) is 5.91 Å². The van der Waals surface area contributed by atoms with E-state index in [0.717, 1.165) is 4.47 Å². The lowest BCUT2D eigenvalue weighted by Crippen LogP contribution is -2.12.